The summed E-state index contributed by atoms with van der Waals surface area (Å²) in [5, 5.41) is 11.2. The topological polar surface area (TPSA) is 58.9 Å². The van der Waals surface area contributed by atoms with Crippen molar-refractivity contribution in [3.63, 3.8) is 0 Å². The Morgan fingerprint density at radius 2 is 1.88 bits per heavy atom. The van der Waals surface area contributed by atoms with E-state index in [9.17, 15) is 9.90 Å². The Labute approximate surface area is 155 Å². The molecular formula is C20H37NO3S. The molecule has 3 aliphatic carbocycles. The third kappa shape index (κ3) is 4.41. The molecule has 4 nitrogen and oxygen atoms in total. The van der Waals surface area contributed by atoms with E-state index in [0.717, 1.165) is 18.6 Å². The van der Waals surface area contributed by atoms with Crippen LogP contribution in [0.25, 0.3) is 0 Å². The molecule has 0 aliphatic heterocycles. The van der Waals surface area contributed by atoms with Gasteiger partial charge in [0.15, 0.2) is 6.04 Å². The highest BCUT2D eigenvalue weighted by Gasteiger charge is 2.61. The number of fused-ring (bicyclic) bond motifs is 2. The van der Waals surface area contributed by atoms with Gasteiger partial charge in [-0.05, 0) is 76.6 Å². The van der Waals surface area contributed by atoms with Crippen LogP contribution in [0, 0.1) is 17.3 Å². The fraction of sp³-hybridized carbons (Fsp3) is 0.900. The van der Waals surface area contributed by atoms with Gasteiger partial charge in [0, 0.05) is 11.5 Å². The number of esters is 1. The molecule has 5 heteroatoms. The number of nitrogens with zero attached hydrogens (tertiary/aromatic N) is 1. The second-order valence-corrected chi connectivity index (χ2v) is 15.1. The minimum Gasteiger partial charge on any atom is -0.458 e. The first-order chi connectivity index (χ1) is 11.0. The fourth-order valence-electron chi connectivity index (χ4n) is 4.33. The predicted octanol–water partition coefficient (Wildman–Crippen LogP) is 3.65. The van der Waals surface area contributed by atoms with Crippen molar-refractivity contribution < 1.29 is 14.6 Å². The van der Waals surface area contributed by atoms with Crippen molar-refractivity contribution in [3.8, 4) is 0 Å². The van der Waals surface area contributed by atoms with Crippen LogP contribution in [0.4, 0.5) is 0 Å². The maximum absolute atomic E-state index is 12.7. The number of aliphatic hydroxyl groups is 1. The van der Waals surface area contributed by atoms with E-state index >= 15 is 0 Å². The number of rotatable bonds is 4. The summed E-state index contributed by atoms with van der Waals surface area (Å²) in [6.45, 7) is 12.0. The summed E-state index contributed by atoms with van der Waals surface area (Å²) in [6.07, 6.45) is 8.40. The van der Waals surface area contributed by atoms with Crippen molar-refractivity contribution in [1.29, 1.82) is 0 Å². The van der Waals surface area contributed by atoms with Crippen LogP contribution < -0.4 is 0 Å². The molecule has 1 N–H and O–H groups in total. The van der Waals surface area contributed by atoms with E-state index in [1.165, 1.54) is 0 Å². The van der Waals surface area contributed by atoms with E-state index in [2.05, 4.69) is 32.6 Å². The van der Waals surface area contributed by atoms with Gasteiger partial charge in [-0.15, -0.1) is 0 Å². The van der Waals surface area contributed by atoms with E-state index in [0.29, 0.717) is 11.7 Å². The summed E-state index contributed by atoms with van der Waals surface area (Å²) in [5.74, 6) is 1.20. The highest BCUT2D eigenvalue weighted by atomic mass is 32.3. The van der Waals surface area contributed by atoms with Gasteiger partial charge in [0.05, 0.1) is 0 Å². The van der Waals surface area contributed by atoms with Gasteiger partial charge >= 0.3 is 5.97 Å². The monoisotopic (exact) mass is 371 g/mol. The fourth-order valence-corrected chi connectivity index (χ4v) is 5.49. The van der Waals surface area contributed by atoms with Crippen LogP contribution >= 0.6 is 10.0 Å². The van der Waals surface area contributed by atoms with E-state index in [1.807, 2.05) is 27.7 Å². The molecule has 0 aromatic carbocycles. The molecule has 0 aromatic rings. The van der Waals surface area contributed by atoms with Gasteiger partial charge in [-0.25, -0.2) is 14.8 Å². The zero-order valence-electron chi connectivity index (χ0n) is 17.5. The van der Waals surface area contributed by atoms with Crippen molar-refractivity contribution in [1.82, 2.24) is 0 Å². The Hall–Kier alpha value is -0.550. The van der Waals surface area contributed by atoms with E-state index in [4.69, 9.17) is 9.73 Å². The summed E-state index contributed by atoms with van der Waals surface area (Å²) >= 11 is 0. The minimum atomic E-state index is -0.927. The van der Waals surface area contributed by atoms with E-state index < -0.39 is 27.3 Å². The van der Waals surface area contributed by atoms with Crippen LogP contribution in [0.15, 0.2) is 4.99 Å². The van der Waals surface area contributed by atoms with Crippen molar-refractivity contribution in [3.05, 3.63) is 0 Å². The first-order valence-corrected chi connectivity index (χ1v) is 12.2. The largest absolute Gasteiger partial charge is 0.458 e. The summed E-state index contributed by atoms with van der Waals surface area (Å²) < 4.78 is 5.62. The number of carbonyl (C=O) groups is 1. The molecule has 25 heavy (non-hydrogen) atoms. The second-order valence-electron chi connectivity index (χ2n) is 10.5. The Balaban J connectivity index is 2.29. The molecular weight excluding hydrogens is 334 g/mol. The molecule has 0 spiro atoms. The zero-order valence-corrected chi connectivity index (χ0v) is 18.3. The molecule has 3 rings (SSSR count). The van der Waals surface area contributed by atoms with Gasteiger partial charge in [0.1, 0.15) is 11.2 Å². The van der Waals surface area contributed by atoms with Crippen LogP contribution in [0.5, 0.6) is 0 Å². The third-order valence-corrected chi connectivity index (χ3v) is 7.14. The van der Waals surface area contributed by atoms with E-state index in [1.54, 1.807) is 0 Å². The van der Waals surface area contributed by atoms with Crippen molar-refractivity contribution in [2.24, 2.45) is 22.2 Å². The molecule has 0 radical (unpaired) electrons. The number of hydrogen-bond acceptors (Lipinski definition) is 4. The van der Waals surface area contributed by atoms with Gasteiger partial charge in [-0.2, -0.15) is 0 Å². The molecule has 0 heterocycles. The van der Waals surface area contributed by atoms with Crippen LogP contribution in [-0.4, -0.2) is 58.6 Å². The van der Waals surface area contributed by atoms with Crippen LogP contribution in [0.3, 0.4) is 0 Å². The highest BCUT2D eigenvalue weighted by Crippen LogP contribution is 2.61. The molecule has 0 saturated heterocycles. The maximum atomic E-state index is 12.7. The standard InChI is InChI=1S/C20H37NO3S/c1-18(2,3)24-17(22)14(12-25(7,8)9)21-16-11-13-10-15(19(13,4)5)20(16,6)23/h13-15,23H,10-12H2,1-9H3/t13-,14+,15-,20-/m1/s1. The lowest BCUT2D eigenvalue weighted by Gasteiger charge is -2.62. The smallest absolute Gasteiger partial charge is 0.332 e. The predicted molar refractivity (Wildman–Crippen MR) is 108 cm³/mol. The third-order valence-electron chi connectivity index (χ3n) is 5.82. The van der Waals surface area contributed by atoms with Crippen LogP contribution in [0.1, 0.15) is 54.4 Å². The molecule has 146 valence electrons. The molecule has 0 unspecified atom stereocenters. The summed E-state index contributed by atoms with van der Waals surface area (Å²) in [7, 11) is -0.927. The quantitative estimate of drug-likeness (QED) is 0.768. The SMILES string of the molecule is CC(C)(C)OC(=O)[C@H](CS(C)(C)C)N=C1C[C@H]2C[C@H](C2(C)C)[C@@]1(C)O. The Morgan fingerprint density at radius 3 is 2.28 bits per heavy atom. The normalized spacial score (nSPS) is 35.0. The lowest BCUT2D eigenvalue weighted by atomic mass is 9.44. The molecule has 3 aliphatic rings. The first kappa shape index (κ1) is 20.8. The first-order valence-electron chi connectivity index (χ1n) is 9.22. The summed E-state index contributed by atoms with van der Waals surface area (Å²) in [6, 6.07) is -0.517. The Morgan fingerprint density at radius 1 is 1.32 bits per heavy atom. The number of ether oxygens (including phenoxy) is 1. The number of hydrogen-bond donors (Lipinski definition) is 1. The Kier molecular flexibility index (Phi) is 5.20. The average Bonchev–Trinajstić information content (AvgIpc) is 2.35. The average molecular weight is 372 g/mol. The summed E-state index contributed by atoms with van der Waals surface area (Å²) in [5.41, 5.74) is -0.500. The minimum absolute atomic E-state index is 0.152. The highest BCUT2D eigenvalue weighted by molar-refractivity contribution is 8.32. The number of aliphatic imine (C=N–C) groups is 1. The summed E-state index contributed by atoms with van der Waals surface area (Å²) in [4.78, 5) is 17.6. The number of carbonyl (C=O) groups excluding carboxylic acids is 1. The molecule has 3 saturated carbocycles. The van der Waals surface area contributed by atoms with Gasteiger partial charge in [-0.1, -0.05) is 13.8 Å². The van der Waals surface area contributed by atoms with Crippen molar-refractivity contribution in [2.75, 3.05) is 24.5 Å². The van der Waals surface area contributed by atoms with Gasteiger partial charge < -0.3 is 9.84 Å². The van der Waals surface area contributed by atoms with Crippen molar-refractivity contribution >= 4 is 21.7 Å². The van der Waals surface area contributed by atoms with Gasteiger partial charge in [0.25, 0.3) is 0 Å². The van der Waals surface area contributed by atoms with Crippen LogP contribution in [-0.2, 0) is 9.53 Å². The van der Waals surface area contributed by atoms with Gasteiger partial charge in [-0.3, -0.25) is 4.99 Å². The lowest BCUT2D eigenvalue weighted by molar-refractivity contribution is -0.156. The van der Waals surface area contributed by atoms with Crippen molar-refractivity contribution in [2.45, 2.75) is 71.6 Å². The molecule has 2 bridgehead atoms. The lowest BCUT2D eigenvalue weighted by Crippen LogP contribution is -2.65. The zero-order chi connectivity index (χ0) is 19.4. The maximum Gasteiger partial charge on any atom is 0.332 e. The second kappa shape index (κ2) is 6.26. The van der Waals surface area contributed by atoms with E-state index in [-0.39, 0.29) is 17.3 Å². The molecule has 3 fully saturated rings. The van der Waals surface area contributed by atoms with Crippen LogP contribution in [0.2, 0.25) is 0 Å². The molecule has 0 aromatic heterocycles. The van der Waals surface area contributed by atoms with Gasteiger partial charge in [0.2, 0.25) is 0 Å². The molecule has 0 amide bonds. The molecule has 4 atom stereocenters. The Bertz CT molecular complexity index is 566.